The topological polar surface area (TPSA) is 0 Å². The Bertz CT molecular complexity index is 146. The Morgan fingerprint density at radius 3 is 2.42 bits per heavy atom. The van der Waals surface area contributed by atoms with Crippen LogP contribution in [0.2, 0.25) is 0 Å². The van der Waals surface area contributed by atoms with Gasteiger partial charge in [-0.05, 0) is 42.9 Å². The fourth-order valence-corrected chi connectivity index (χ4v) is 2.67. The average molecular weight is 166 g/mol. The van der Waals surface area contributed by atoms with Gasteiger partial charge in [0.05, 0.1) is 0 Å². The molecule has 1 rings (SSSR count). The van der Waals surface area contributed by atoms with Crippen molar-refractivity contribution in [1.29, 1.82) is 0 Å². The van der Waals surface area contributed by atoms with Crippen LogP contribution in [0.25, 0.3) is 0 Å². The van der Waals surface area contributed by atoms with Crippen LogP contribution in [-0.4, -0.2) is 0 Å². The van der Waals surface area contributed by atoms with Crippen LogP contribution in [0.3, 0.4) is 0 Å². The summed E-state index contributed by atoms with van der Waals surface area (Å²) in [7, 11) is 0. The predicted octanol–water partition coefficient (Wildman–Crippen LogP) is 3.88. The van der Waals surface area contributed by atoms with Gasteiger partial charge in [0.2, 0.25) is 0 Å². The highest BCUT2D eigenvalue weighted by Gasteiger charge is 2.27. The summed E-state index contributed by atoms with van der Waals surface area (Å²) in [6, 6.07) is 0. The van der Waals surface area contributed by atoms with Gasteiger partial charge in [-0.2, -0.15) is 0 Å². The molecule has 0 heteroatoms. The van der Waals surface area contributed by atoms with Gasteiger partial charge in [0, 0.05) is 0 Å². The van der Waals surface area contributed by atoms with Gasteiger partial charge in [-0.3, -0.25) is 0 Å². The van der Waals surface area contributed by atoms with Crippen LogP contribution < -0.4 is 0 Å². The molecule has 0 heterocycles. The molecule has 0 aromatic heterocycles. The second-order valence-corrected chi connectivity index (χ2v) is 4.69. The summed E-state index contributed by atoms with van der Waals surface area (Å²) in [6.45, 7) is 11.0. The van der Waals surface area contributed by atoms with Crippen molar-refractivity contribution in [3.05, 3.63) is 12.7 Å². The van der Waals surface area contributed by atoms with E-state index < -0.39 is 0 Å². The molecule has 0 unspecified atom stereocenters. The van der Waals surface area contributed by atoms with E-state index in [1.54, 1.807) is 0 Å². The van der Waals surface area contributed by atoms with Crippen LogP contribution in [-0.2, 0) is 0 Å². The first-order chi connectivity index (χ1) is 5.65. The Hall–Kier alpha value is -0.260. The lowest BCUT2D eigenvalue weighted by Gasteiger charge is -2.35. The van der Waals surface area contributed by atoms with E-state index in [9.17, 15) is 0 Å². The van der Waals surface area contributed by atoms with Crippen LogP contribution in [0.4, 0.5) is 0 Å². The molecule has 12 heavy (non-hydrogen) atoms. The third kappa shape index (κ3) is 2.12. The van der Waals surface area contributed by atoms with Crippen LogP contribution in [0.5, 0.6) is 0 Å². The van der Waals surface area contributed by atoms with Crippen LogP contribution in [0.15, 0.2) is 12.7 Å². The van der Waals surface area contributed by atoms with Gasteiger partial charge in [0.15, 0.2) is 0 Å². The molecule has 0 saturated heterocycles. The molecule has 0 N–H and O–H groups in total. The molecule has 0 aromatic carbocycles. The van der Waals surface area contributed by atoms with Crippen molar-refractivity contribution in [3.8, 4) is 0 Å². The lowest BCUT2D eigenvalue weighted by atomic mass is 9.70. The fourth-order valence-electron chi connectivity index (χ4n) is 2.67. The molecule has 70 valence electrons. The second kappa shape index (κ2) is 4.11. The van der Waals surface area contributed by atoms with Crippen molar-refractivity contribution < 1.29 is 0 Å². The maximum absolute atomic E-state index is 3.89. The molecular formula is C12H22. The van der Waals surface area contributed by atoms with Crippen molar-refractivity contribution in [2.24, 2.45) is 23.7 Å². The molecule has 1 saturated carbocycles. The van der Waals surface area contributed by atoms with Crippen molar-refractivity contribution in [1.82, 2.24) is 0 Å². The minimum absolute atomic E-state index is 0.801. The summed E-state index contributed by atoms with van der Waals surface area (Å²) in [6.07, 6.45) is 6.30. The normalized spacial score (nSPS) is 36.8. The molecule has 0 nitrogen and oxygen atoms in total. The molecule has 0 bridgehead atoms. The van der Waals surface area contributed by atoms with E-state index >= 15 is 0 Å². The smallest absolute Gasteiger partial charge is 0.0233 e. The number of allylic oxidation sites excluding steroid dienone is 1. The number of rotatable bonds is 2. The van der Waals surface area contributed by atoms with Crippen LogP contribution in [0.1, 0.15) is 40.0 Å². The molecule has 1 aliphatic carbocycles. The second-order valence-electron chi connectivity index (χ2n) is 4.69. The maximum atomic E-state index is 3.89. The first-order valence-electron chi connectivity index (χ1n) is 5.27. The highest BCUT2D eigenvalue weighted by Crippen LogP contribution is 2.37. The monoisotopic (exact) mass is 166 g/mol. The van der Waals surface area contributed by atoms with E-state index in [0.29, 0.717) is 0 Å². The quantitative estimate of drug-likeness (QED) is 0.546. The van der Waals surface area contributed by atoms with Gasteiger partial charge in [-0.25, -0.2) is 0 Å². The van der Waals surface area contributed by atoms with E-state index in [0.717, 1.165) is 23.7 Å². The molecule has 0 spiro atoms. The third-order valence-electron chi connectivity index (χ3n) is 3.47. The van der Waals surface area contributed by atoms with Crippen molar-refractivity contribution in [3.63, 3.8) is 0 Å². The molecule has 3 atom stereocenters. The predicted molar refractivity (Wildman–Crippen MR) is 55.0 cm³/mol. The Kier molecular flexibility index (Phi) is 3.37. The Labute approximate surface area is 77.1 Å². The van der Waals surface area contributed by atoms with Gasteiger partial charge >= 0.3 is 0 Å². The van der Waals surface area contributed by atoms with Crippen LogP contribution >= 0.6 is 0 Å². The Morgan fingerprint density at radius 1 is 1.33 bits per heavy atom. The summed E-state index contributed by atoms with van der Waals surface area (Å²) in [4.78, 5) is 0. The van der Waals surface area contributed by atoms with E-state index in [1.807, 2.05) is 0 Å². The summed E-state index contributed by atoms with van der Waals surface area (Å²) >= 11 is 0. The van der Waals surface area contributed by atoms with Gasteiger partial charge in [-0.1, -0.05) is 26.8 Å². The molecule has 0 aromatic rings. The van der Waals surface area contributed by atoms with Gasteiger partial charge in [-0.15, -0.1) is 6.58 Å². The summed E-state index contributed by atoms with van der Waals surface area (Å²) in [5.74, 6) is 3.53. The standard InChI is InChI=1S/C12H22/c1-5-11-6-7-12(9(2)3)10(4)8-11/h5,9-12H,1,6-8H2,2-4H3/t10-,11-,12+/m1/s1. The Morgan fingerprint density at radius 2 is 2.00 bits per heavy atom. The maximum Gasteiger partial charge on any atom is -0.0233 e. The van der Waals surface area contributed by atoms with Gasteiger partial charge in [0.1, 0.15) is 0 Å². The van der Waals surface area contributed by atoms with E-state index in [1.165, 1.54) is 19.3 Å². The lowest BCUT2D eigenvalue weighted by molar-refractivity contribution is 0.169. The zero-order valence-electron chi connectivity index (χ0n) is 8.72. The van der Waals surface area contributed by atoms with E-state index in [-0.39, 0.29) is 0 Å². The summed E-state index contributed by atoms with van der Waals surface area (Å²) in [5, 5.41) is 0. The minimum atomic E-state index is 0.801. The average Bonchev–Trinajstić information content (AvgIpc) is 2.03. The van der Waals surface area contributed by atoms with Crippen molar-refractivity contribution >= 4 is 0 Å². The number of hydrogen-bond donors (Lipinski definition) is 0. The van der Waals surface area contributed by atoms with Crippen molar-refractivity contribution in [2.45, 2.75) is 40.0 Å². The molecule has 0 aliphatic heterocycles. The first-order valence-corrected chi connectivity index (χ1v) is 5.27. The number of hydrogen-bond acceptors (Lipinski definition) is 0. The minimum Gasteiger partial charge on any atom is -0.103 e. The van der Waals surface area contributed by atoms with Crippen LogP contribution in [0, 0.1) is 23.7 Å². The molecule has 1 aliphatic rings. The van der Waals surface area contributed by atoms with E-state index in [2.05, 4.69) is 33.4 Å². The van der Waals surface area contributed by atoms with Gasteiger partial charge < -0.3 is 0 Å². The molecule has 0 radical (unpaired) electrons. The van der Waals surface area contributed by atoms with E-state index in [4.69, 9.17) is 0 Å². The zero-order valence-corrected chi connectivity index (χ0v) is 8.72. The summed E-state index contributed by atoms with van der Waals surface area (Å²) < 4.78 is 0. The highest BCUT2D eigenvalue weighted by atomic mass is 14.3. The molecule has 0 amide bonds. The third-order valence-corrected chi connectivity index (χ3v) is 3.47. The SMILES string of the molecule is C=C[C@@H]1CC[C@@H](C(C)C)[C@H](C)C1. The zero-order chi connectivity index (χ0) is 9.14. The van der Waals surface area contributed by atoms with Crippen molar-refractivity contribution in [2.75, 3.05) is 0 Å². The molecule has 1 fully saturated rings. The highest BCUT2D eigenvalue weighted by molar-refractivity contribution is 4.87. The fraction of sp³-hybridized carbons (Fsp3) is 0.833. The lowest BCUT2D eigenvalue weighted by Crippen LogP contribution is -2.25. The summed E-state index contributed by atoms with van der Waals surface area (Å²) in [5.41, 5.74) is 0. The first kappa shape index (κ1) is 9.83. The molecular weight excluding hydrogens is 144 g/mol. The Balaban J connectivity index is 2.47. The largest absolute Gasteiger partial charge is 0.103 e. The van der Waals surface area contributed by atoms with Gasteiger partial charge in [0.25, 0.3) is 0 Å².